The zero-order valence-electron chi connectivity index (χ0n) is 14.0. The molecule has 0 saturated heterocycles. The Kier molecular flexibility index (Phi) is 4.70. The van der Waals surface area contributed by atoms with Gasteiger partial charge < -0.3 is 9.15 Å². The van der Waals surface area contributed by atoms with Crippen LogP contribution in [0.25, 0.3) is 11.0 Å². The van der Waals surface area contributed by atoms with Crippen LogP contribution in [0, 0.1) is 6.92 Å². The summed E-state index contributed by atoms with van der Waals surface area (Å²) >= 11 is 0. The van der Waals surface area contributed by atoms with Crippen molar-refractivity contribution in [3.8, 4) is 5.75 Å². The van der Waals surface area contributed by atoms with Gasteiger partial charge in [0.2, 0.25) is 0 Å². The second kappa shape index (κ2) is 7.10. The number of aryl methyl sites for hydroxylation is 1. The summed E-state index contributed by atoms with van der Waals surface area (Å²) in [6, 6.07) is 12.8. The Morgan fingerprint density at radius 1 is 0.885 bits per heavy atom. The van der Waals surface area contributed by atoms with Crippen molar-refractivity contribution in [2.24, 2.45) is 0 Å². The molecule has 1 heterocycles. The second-order valence-electron chi connectivity index (χ2n) is 5.40. The molecule has 0 amide bonds. The van der Waals surface area contributed by atoms with E-state index in [1.165, 1.54) is 24.3 Å². The number of carbonyl (C=O) groups excluding carboxylic acids is 3. The van der Waals surface area contributed by atoms with Gasteiger partial charge in [-0.1, -0.05) is 18.2 Å². The van der Waals surface area contributed by atoms with Crippen LogP contribution in [0.5, 0.6) is 5.75 Å². The number of benzene rings is 2. The van der Waals surface area contributed by atoms with Crippen molar-refractivity contribution in [2.45, 2.75) is 13.8 Å². The third kappa shape index (κ3) is 3.56. The van der Waals surface area contributed by atoms with Crippen molar-refractivity contribution in [3.63, 3.8) is 0 Å². The molecule has 0 atom stereocenters. The fourth-order valence-electron chi connectivity index (χ4n) is 2.34. The standard InChI is InChI=1S/C19H14O7/c1-11-17(15-8-3-4-9-16(15)23-11)24-18(21)13-6-5-7-14(10-13)19(22)26-25-12(2)20/h3-10H,1-2H3. The molecule has 0 saturated carbocycles. The van der Waals surface area contributed by atoms with Crippen LogP contribution >= 0.6 is 0 Å². The van der Waals surface area contributed by atoms with Crippen LogP contribution in [0.4, 0.5) is 0 Å². The Hall–Kier alpha value is -3.61. The summed E-state index contributed by atoms with van der Waals surface area (Å²) in [6.07, 6.45) is 0. The van der Waals surface area contributed by atoms with Gasteiger partial charge in [0.1, 0.15) is 11.3 Å². The average molecular weight is 354 g/mol. The number of fused-ring (bicyclic) bond motifs is 1. The average Bonchev–Trinajstić information content (AvgIpc) is 2.95. The molecule has 132 valence electrons. The van der Waals surface area contributed by atoms with E-state index in [1.807, 2.05) is 6.07 Å². The summed E-state index contributed by atoms with van der Waals surface area (Å²) in [6.45, 7) is 2.79. The minimum absolute atomic E-state index is 0.0365. The quantitative estimate of drug-likeness (QED) is 0.403. The first-order valence-electron chi connectivity index (χ1n) is 7.65. The van der Waals surface area contributed by atoms with Crippen LogP contribution in [-0.4, -0.2) is 17.9 Å². The number of furan rings is 1. The Morgan fingerprint density at radius 3 is 2.31 bits per heavy atom. The SMILES string of the molecule is CC(=O)OOC(=O)c1cccc(C(=O)Oc2c(C)oc3ccccc23)c1. The van der Waals surface area contributed by atoms with Crippen LogP contribution in [-0.2, 0) is 14.6 Å². The second-order valence-corrected chi connectivity index (χ2v) is 5.40. The fraction of sp³-hybridized carbons (Fsp3) is 0.105. The van der Waals surface area contributed by atoms with Gasteiger partial charge in [-0.05, 0) is 37.3 Å². The van der Waals surface area contributed by atoms with E-state index in [-0.39, 0.29) is 11.1 Å². The Labute approximate surface area is 148 Å². The molecular formula is C19H14O7. The van der Waals surface area contributed by atoms with E-state index < -0.39 is 17.9 Å². The monoisotopic (exact) mass is 354 g/mol. The van der Waals surface area contributed by atoms with Gasteiger partial charge in [-0.25, -0.2) is 24.2 Å². The molecule has 0 aliphatic rings. The molecule has 26 heavy (non-hydrogen) atoms. The summed E-state index contributed by atoms with van der Waals surface area (Å²) in [4.78, 5) is 43.5. The molecule has 2 aromatic carbocycles. The van der Waals surface area contributed by atoms with Gasteiger partial charge in [0, 0.05) is 6.92 Å². The van der Waals surface area contributed by atoms with E-state index in [4.69, 9.17) is 9.15 Å². The summed E-state index contributed by atoms with van der Waals surface area (Å²) in [5, 5.41) is 0.670. The molecule has 0 aliphatic carbocycles. The molecule has 0 radical (unpaired) electrons. The van der Waals surface area contributed by atoms with Crippen LogP contribution in [0.15, 0.2) is 52.9 Å². The lowest BCUT2D eigenvalue weighted by Crippen LogP contribution is -2.12. The van der Waals surface area contributed by atoms with Gasteiger partial charge in [0.05, 0.1) is 16.5 Å². The maximum absolute atomic E-state index is 12.4. The molecule has 0 N–H and O–H groups in total. The highest BCUT2D eigenvalue weighted by molar-refractivity contribution is 5.97. The van der Waals surface area contributed by atoms with Crippen molar-refractivity contribution in [2.75, 3.05) is 0 Å². The Balaban J connectivity index is 1.82. The maximum atomic E-state index is 12.4. The van der Waals surface area contributed by atoms with Crippen LogP contribution < -0.4 is 4.74 Å². The number of hydrogen-bond acceptors (Lipinski definition) is 7. The molecule has 0 spiro atoms. The van der Waals surface area contributed by atoms with Gasteiger partial charge in [-0.2, -0.15) is 0 Å². The first-order valence-corrected chi connectivity index (χ1v) is 7.65. The lowest BCUT2D eigenvalue weighted by molar-refractivity contribution is -0.231. The highest BCUT2D eigenvalue weighted by Gasteiger charge is 2.19. The van der Waals surface area contributed by atoms with Gasteiger partial charge in [-0.3, -0.25) is 0 Å². The van der Waals surface area contributed by atoms with Crippen molar-refractivity contribution in [1.82, 2.24) is 0 Å². The molecular weight excluding hydrogens is 340 g/mol. The highest BCUT2D eigenvalue weighted by Crippen LogP contribution is 2.32. The van der Waals surface area contributed by atoms with Crippen LogP contribution in [0.1, 0.15) is 33.4 Å². The number of rotatable bonds is 3. The van der Waals surface area contributed by atoms with Crippen LogP contribution in [0.2, 0.25) is 0 Å². The molecule has 7 heteroatoms. The Bertz CT molecular complexity index is 1000. The predicted molar refractivity (Wildman–Crippen MR) is 89.5 cm³/mol. The minimum Gasteiger partial charge on any atom is -0.457 e. The normalized spacial score (nSPS) is 10.4. The van der Waals surface area contributed by atoms with E-state index in [2.05, 4.69) is 9.78 Å². The Morgan fingerprint density at radius 2 is 1.58 bits per heavy atom. The zero-order valence-corrected chi connectivity index (χ0v) is 14.0. The van der Waals surface area contributed by atoms with E-state index >= 15 is 0 Å². The first-order chi connectivity index (χ1) is 12.5. The summed E-state index contributed by atoms with van der Waals surface area (Å²) in [5.74, 6) is -1.55. The van der Waals surface area contributed by atoms with Gasteiger partial charge >= 0.3 is 17.9 Å². The molecule has 0 unspecified atom stereocenters. The first kappa shape index (κ1) is 17.2. The van der Waals surface area contributed by atoms with E-state index in [0.29, 0.717) is 22.5 Å². The predicted octanol–water partition coefficient (Wildman–Crippen LogP) is 3.60. The fourth-order valence-corrected chi connectivity index (χ4v) is 2.34. The lowest BCUT2D eigenvalue weighted by Gasteiger charge is -2.05. The number of carbonyl (C=O) groups is 3. The largest absolute Gasteiger partial charge is 0.457 e. The van der Waals surface area contributed by atoms with Gasteiger partial charge in [0.15, 0.2) is 5.75 Å². The van der Waals surface area contributed by atoms with E-state index in [0.717, 1.165) is 6.92 Å². The number of hydrogen-bond donors (Lipinski definition) is 0. The third-order valence-electron chi connectivity index (χ3n) is 3.48. The smallest absolute Gasteiger partial charge is 0.386 e. The highest BCUT2D eigenvalue weighted by atomic mass is 17.2. The molecule has 1 aromatic heterocycles. The number of para-hydroxylation sites is 1. The lowest BCUT2D eigenvalue weighted by atomic mass is 10.1. The minimum atomic E-state index is -0.903. The summed E-state index contributed by atoms with van der Waals surface area (Å²) in [5.41, 5.74) is 0.771. The molecule has 0 bridgehead atoms. The van der Waals surface area contributed by atoms with Crippen LogP contribution in [0.3, 0.4) is 0 Å². The molecule has 3 rings (SSSR count). The molecule has 0 fully saturated rings. The number of ether oxygens (including phenoxy) is 1. The van der Waals surface area contributed by atoms with Gasteiger partial charge in [0.25, 0.3) is 0 Å². The summed E-state index contributed by atoms with van der Waals surface area (Å²) < 4.78 is 11.0. The van der Waals surface area contributed by atoms with Crippen molar-refractivity contribution >= 4 is 28.9 Å². The topological polar surface area (TPSA) is 92.0 Å². The van der Waals surface area contributed by atoms with E-state index in [9.17, 15) is 14.4 Å². The number of esters is 1. The maximum Gasteiger partial charge on any atom is 0.386 e. The van der Waals surface area contributed by atoms with Crippen molar-refractivity contribution < 1.29 is 33.3 Å². The zero-order chi connectivity index (χ0) is 18.7. The van der Waals surface area contributed by atoms with Crippen molar-refractivity contribution in [1.29, 1.82) is 0 Å². The van der Waals surface area contributed by atoms with E-state index in [1.54, 1.807) is 25.1 Å². The van der Waals surface area contributed by atoms with Gasteiger partial charge in [-0.15, -0.1) is 0 Å². The molecule has 3 aromatic rings. The molecule has 7 nitrogen and oxygen atoms in total. The third-order valence-corrected chi connectivity index (χ3v) is 3.48. The summed E-state index contributed by atoms with van der Waals surface area (Å²) in [7, 11) is 0. The van der Waals surface area contributed by atoms with Crippen molar-refractivity contribution in [3.05, 3.63) is 65.4 Å². The molecule has 0 aliphatic heterocycles.